The summed E-state index contributed by atoms with van der Waals surface area (Å²) in [6.07, 6.45) is 5.94. The number of amides is 1. The molecule has 1 amide bonds. The highest BCUT2D eigenvalue weighted by Gasteiger charge is 2.14. The molecular weight excluding hydrogens is 314 g/mol. The predicted octanol–water partition coefficient (Wildman–Crippen LogP) is 2.39. The van der Waals surface area contributed by atoms with Crippen LogP contribution in [-0.4, -0.2) is 31.9 Å². The van der Waals surface area contributed by atoms with E-state index >= 15 is 0 Å². The number of carbonyl (C=O) groups excluding carboxylic acids is 1. The summed E-state index contributed by atoms with van der Waals surface area (Å²) in [5, 5.41) is 11.0. The van der Waals surface area contributed by atoms with Crippen molar-refractivity contribution in [3.05, 3.63) is 77.4 Å². The van der Waals surface area contributed by atoms with Gasteiger partial charge in [0.05, 0.1) is 12.7 Å². The number of hydrogen-bond donors (Lipinski definition) is 1. The second-order valence-electron chi connectivity index (χ2n) is 6.17. The molecule has 1 N–H and O–H groups in total. The highest BCUT2D eigenvalue weighted by molar-refractivity contribution is 5.92. The smallest absolute Gasteiger partial charge is 0.273 e. The lowest BCUT2D eigenvalue weighted by Gasteiger charge is -2.12. The van der Waals surface area contributed by atoms with Crippen molar-refractivity contribution >= 4 is 5.91 Å². The van der Waals surface area contributed by atoms with Crippen molar-refractivity contribution in [1.29, 1.82) is 0 Å². The second-order valence-corrected chi connectivity index (χ2v) is 6.17. The van der Waals surface area contributed by atoms with E-state index in [1.54, 1.807) is 23.3 Å². The Bertz CT molecular complexity index is 844. The Balaban J connectivity index is 1.60. The van der Waals surface area contributed by atoms with Gasteiger partial charge in [0.1, 0.15) is 0 Å². The molecule has 25 heavy (non-hydrogen) atoms. The number of benzene rings is 1. The second kappa shape index (κ2) is 7.70. The van der Waals surface area contributed by atoms with Gasteiger partial charge < -0.3 is 5.32 Å². The SMILES string of the molecule is Cc1ccccc1Cn1cc(C(=O)NC(C)Cc2cccnc2)nn1. The van der Waals surface area contributed by atoms with Crippen molar-refractivity contribution < 1.29 is 4.79 Å². The number of aromatic nitrogens is 4. The molecule has 0 saturated heterocycles. The molecule has 1 atom stereocenters. The lowest BCUT2D eigenvalue weighted by Crippen LogP contribution is -2.34. The minimum absolute atomic E-state index is 0.0155. The summed E-state index contributed by atoms with van der Waals surface area (Å²) in [7, 11) is 0. The molecule has 0 bridgehead atoms. The molecule has 3 rings (SSSR count). The molecule has 2 aromatic heterocycles. The average Bonchev–Trinajstić information content (AvgIpc) is 3.06. The molecule has 128 valence electrons. The Morgan fingerprint density at radius 3 is 2.84 bits per heavy atom. The van der Waals surface area contributed by atoms with Crippen LogP contribution in [0.5, 0.6) is 0 Å². The van der Waals surface area contributed by atoms with Gasteiger partial charge in [-0.3, -0.25) is 9.78 Å². The minimum Gasteiger partial charge on any atom is -0.348 e. The van der Waals surface area contributed by atoms with Gasteiger partial charge in [0.25, 0.3) is 5.91 Å². The number of carbonyl (C=O) groups is 1. The first-order chi connectivity index (χ1) is 12.1. The number of aryl methyl sites for hydroxylation is 1. The maximum absolute atomic E-state index is 12.3. The molecular formula is C19H21N5O. The normalized spacial score (nSPS) is 11.9. The van der Waals surface area contributed by atoms with E-state index in [1.165, 1.54) is 5.56 Å². The number of hydrogen-bond acceptors (Lipinski definition) is 4. The third-order valence-electron chi connectivity index (χ3n) is 4.01. The zero-order valence-electron chi connectivity index (χ0n) is 14.4. The summed E-state index contributed by atoms with van der Waals surface area (Å²) in [5.41, 5.74) is 3.75. The third kappa shape index (κ3) is 4.50. The topological polar surface area (TPSA) is 72.7 Å². The van der Waals surface area contributed by atoms with Crippen LogP contribution in [-0.2, 0) is 13.0 Å². The van der Waals surface area contributed by atoms with Gasteiger partial charge in [0.2, 0.25) is 0 Å². The Hall–Kier alpha value is -3.02. The van der Waals surface area contributed by atoms with Crippen LogP contribution in [0.4, 0.5) is 0 Å². The van der Waals surface area contributed by atoms with Crippen LogP contribution in [0, 0.1) is 6.92 Å². The number of nitrogens with one attached hydrogen (secondary N) is 1. The lowest BCUT2D eigenvalue weighted by atomic mass is 10.1. The van der Waals surface area contributed by atoms with Crippen molar-refractivity contribution in [3.8, 4) is 0 Å². The first-order valence-electron chi connectivity index (χ1n) is 8.26. The quantitative estimate of drug-likeness (QED) is 0.751. The van der Waals surface area contributed by atoms with Gasteiger partial charge in [-0.1, -0.05) is 35.5 Å². The lowest BCUT2D eigenvalue weighted by molar-refractivity contribution is 0.0935. The number of rotatable bonds is 6. The summed E-state index contributed by atoms with van der Waals surface area (Å²) in [4.78, 5) is 16.4. The summed E-state index contributed by atoms with van der Waals surface area (Å²) >= 11 is 0. The van der Waals surface area contributed by atoms with Crippen LogP contribution in [0.1, 0.15) is 34.1 Å². The molecule has 0 aliphatic carbocycles. The Morgan fingerprint density at radius 1 is 1.24 bits per heavy atom. The molecule has 0 saturated carbocycles. The van der Waals surface area contributed by atoms with Crippen molar-refractivity contribution in [2.45, 2.75) is 32.9 Å². The predicted molar refractivity (Wildman–Crippen MR) is 95.2 cm³/mol. The summed E-state index contributed by atoms with van der Waals surface area (Å²) < 4.78 is 1.68. The molecule has 6 nitrogen and oxygen atoms in total. The zero-order valence-corrected chi connectivity index (χ0v) is 14.4. The van der Waals surface area contributed by atoms with Crippen LogP contribution in [0.2, 0.25) is 0 Å². The van der Waals surface area contributed by atoms with Gasteiger partial charge in [-0.05, 0) is 43.0 Å². The van der Waals surface area contributed by atoms with Crippen LogP contribution in [0.25, 0.3) is 0 Å². The van der Waals surface area contributed by atoms with Gasteiger partial charge in [-0.25, -0.2) is 4.68 Å². The van der Waals surface area contributed by atoms with Crippen LogP contribution < -0.4 is 5.32 Å². The molecule has 0 aliphatic rings. The summed E-state index contributed by atoms with van der Waals surface area (Å²) in [6.45, 7) is 4.61. The van der Waals surface area contributed by atoms with Crippen molar-refractivity contribution in [2.75, 3.05) is 0 Å². The molecule has 1 unspecified atom stereocenters. The molecule has 6 heteroatoms. The van der Waals surface area contributed by atoms with E-state index in [1.807, 2.05) is 37.3 Å². The Kier molecular flexibility index (Phi) is 5.18. The van der Waals surface area contributed by atoms with Gasteiger partial charge >= 0.3 is 0 Å². The fourth-order valence-electron chi connectivity index (χ4n) is 2.66. The maximum Gasteiger partial charge on any atom is 0.273 e. The van der Waals surface area contributed by atoms with E-state index in [9.17, 15) is 4.79 Å². The molecule has 0 spiro atoms. The minimum atomic E-state index is -0.215. The first kappa shape index (κ1) is 16.8. The van der Waals surface area contributed by atoms with Crippen molar-refractivity contribution in [3.63, 3.8) is 0 Å². The van der Waals surface area contributed by atoms with Gasteiger partial charge in [-0.2, -0.15) is 0 Å². The summed E-state index contributed by atoms with van der Waals surface area (Å²) in [5.74, 6) is -0.215. The van der Waals surface area contributed by atoms with E-state index in [0.29, 0.717) is 12.2 Å². The molecule has 0 fully saturated rings. The van der Waals surface area contributed by atoms with Gasteiger partial charge in [-0.15, -0.1) is 5.10 Å². The highest BCUT2D eigenvalue weighted by atomic mass is 16.2. The standard InChI is InChI=1S/C19H21N5O/c1-14-6-3-4-8-17(14)12-24-13-18(22-23-24)19(25)21-15(2)10-16-7-5-9-20-11-16/h3-9,11,13,15H,10,12H2,1-2H3,(H,21,25). The summed E-state index contributed by atoms with van der Waals surface area (Å²) in [6, 6.07) is 12.0. The van der Waals surface area contributed by atoms with E-state index in [-0.39, 0.29) is 11.9 Å². The number of nitrogens with zero attached hydrogens (tertiary/aromatic N) is 4. The van der Waals surface area contributed by atoms with Crippen LogP contribution in [0.15, 0.2) is 55.0 Å². The van der Waals surface area contributed by atoms with Gasteiger partial charge in [0.15, 0.2) is 5.69 Å². The molecule has 0 radical (unpaired) electrons. The Labute approximate surface area is 146 Å². The first-order valence-corrected chi connectivity index (χ1v) is 8.26. The molecule has 1 aromatic carbocycles. The third-order valence-corrected chi connectivity index (χ3v) is 4.01. The molecule has 3 aromatic rings. The van der Waals surface area contributed by atoms with Crippen LogP contribution in [0.3, 0.4) is 0 Å². The van der Waals surface area contributed by atoms with E-state index in [4.69, 9.17) is 0 Å². The van der Waals surface area contributed by atoms with Crippen LogP contribution >= 0.6 is 0 Å². The fourth-order valence-corrected chi connectivity index (χ4v) is 2.66. The van der Waals surface area contributed by atoms with E-state index in [2.05, 4.69) is 33.6 Å². The average molecular weight is 335 g/mol. The zero-order chi connectivity index (χ0) is 17.6. The Morgan fingerprint density at radius 2 is 2.08 bits per heavy atom. The van der Waals surface area contributed by atoms with Gasteiger partial charge in [0, 0.05) is 18.4 Å². The largest absolute Gasteiger partial charge is 0.348 e. The molecule has 2 heterocycles. The fraction of sp³-hybridized carbons (Fsp3) is 0.263. The van der Waals surface area contributed by atoms with Crippen molar-refractivity contribution in [2.24, 2.45) is 0 Å². The highest BCUT2D eigenvalue weighted by Crippen LogP contribution is 2.09. The van der Waals surface area contributed by atoms with E-state index < -0.39 is 0 Å². The molecule has 0 aliphatic heterocycles. The maximum atomic E-state index is 12.3. The number of pyridine rings is 1. The van der Waals surface area contributed by atoms with E-state index in [0.717, 1.165) is 17.5 Å². The van der Waals surface area contributed by atoms with Crippen molar-refractivity contribution in [1.82, 2.24) is 25.3 Å². The monoisotopic (exact) mass is 335 g/mol.